The number of nitrogens with zero attached hydrogens (tertiary/aromatic N) is 4. The monoisotopic (exact) mass is 403 g/mol. The summed E-state index contributed by atoms with van der Waals surface area (Å²) in [4.78, 5) is 12.3. The molecule has 2 aromatic heterocycles. The molecule has 148 valence electrons. The van der Waals surface area contributed by atoms with Crippen LogP contribution < -0.4 is 5.32 Å². The van der Waals surface area contributed by atoms with E-state index in [1.807, 2.05) is 5.32 Å². The van der Waals surface area contributed by atoms with Gasteiger partial charge in [0.05, 0.1) is 23.1 Å². The van der Waals surface area contributed by atoms with E-state index in [1.54, 1.807) is 0 Å². The minimum atomic E-state index is -4.95. The molecule has 2 heterocycles. The molecule has 0 saturated heterocycles. The number of hydrogen-bond acceptors (Lipinski definition) is 3. The highest BCUT2D eigenvalue weighted by Gasteiger charge is 2.39. The number of benzene rings is 1. The lowest BCUT2D eigenvalue weighted by atomic mass is 10.2. The van der Waals surface area contributed by atoms with Gasteiger partial charge >= 0.3 is 6.18 Å². The molecule has 0 bridgehead atoms. The van der Waals surface area contributed by atoms with Gasteiger partial charge in [-0.25, -0.2) is 17.9 Å². The van der Waals surface area contributed by atoms with Crippen LogP contribution >= 0.6 is 0 Å². The quantitative estimate of drug-likeness (QED) is 0.671. The SMILES string of the molecule is Cn1cc(C(=O)Nc2cnn(-c3ccc(F)cc3)c2C(F)(F)F)c(C(F)F)n1. The minimum Gasteiger partial charge on any atom is -0.319 e. The van der Waals surface area contributed by atoms with Crippen molar-refractivity contribution in [3.63, 3.8) is 0 Å². The second kappa shape index (κ2) is 7.02. The van der Waals surface area contributed by atoms with Gasteiger partial charge in [0, 0.05) is 13.2 Å². The van der Waals surface area contributed by atoms with Crippen LogP contribution in [0.4, 0.5) is 32.0 Å². The lowest BCUT2D eigenvalue weighted by Crippen LogP contribution is -2.19. The first-order valence-electron chi connectivity index (χ1n) is 7.62. The normalized spacial score (nSPS) is 11.9. The van der Waals surface area contributed by atoms with Gasteiger partial charge in [-0.05, 0) is 24.3 Å². The van der Waals surface area contributed by atoms with E-state index in [0.29, 0.717) is 4.68 Å². The fraction of sp³-hybridized carbons (Fsp3) is 0.188. The van der Waals surface area contributed by atoms with Gasteiger partial charge in [-0.2, -0.15) is 23.4 Å². The molecule has 0 aliphatic heterocycles. The fourth-order valence-electron chi connectivity index (χ4n) is 2.52. The second-order valence-corrected chi connectivity index (χ2v) is 5.65. The summed E-state index contributed by atoms with van der Waals surface area (Å²) in [6.45, 7) is 0. The number of anilines is 1. The molecular formula is C16H11F6N5O. The molecule has 0 spiro atoms. The van der Waals surface area contributed by atoms with E-state index >= 15 is 0 Å². The average Bonchev–Trinajstić information content (AvgIpc) is 3.19. The van der Waals surface area contributed by atoms with Gasteiger partial charge in [-0.1, -0.05) is 0 Å². The number of hydrogen-bond donors (Lipinski definition) is 1. The highest BCUT2D eigenvalue weighted by Crippen LogP contribution is 2.36. The van der Waals surface area contributed by atoms with Crippen molar-refractivity contribution < 1.29 is 31.1 Å². The molecule has 0 radical (unpaired) electrons. The summed E-state index contributed by atoms with van der Waals surface area (Å²) >= 11 is 0. The zero-order valence-corrected chi connectivity index (χ0v) is 14.0. The summed E-state index contributed by atoms with van der Waals surface area (Å²) < 4.78 is 81.1. The number of aromatic nitrogens is 4. The maximum absolute atomic E-state index is 13.5. The molecule has 0 saturated carbocycles. The summed E-state index contributed by atoms with van der Waals surface area (Å²) in [7, 11) is 1.29. The molecular weight excluding hydrogens is 392 g/mol. The number of aryl methyl sites for hydroxylation is 1. The Labute approximate surface area is 153 Å². The van der Waals surface area contributed by atoms with Crippen molar-refractivity contribution >= 4 is 11.6 Å². The van der Waals surface area contributed by atoms with E-state index in [1.165, 1.54) is 7.05 Å². The summed E-state index contributed by atoms with van der Waals surface area (Å²) in [6, 6.07) is 4.03. The number of alkyl halides is 5. The Morgan fingerprint density at radius 1 is 1.18 bits per heavy atom. The van der Waals surface area contributed by atoms with Crippen molar-refractivity contribution in [1.82, 2.24) is 19.6 Å². The standard InChI is InChI=1S/C16H11F6N5O/c1-26-7-10(12(25-26)14(18)19)15(28)24-11-6-23-27(13(11)16(20,21)22)9-4-2-8(17)3-5-9/h2-7,14H,1H3,(H,24,28). The van der Waals surface area contributed by atoms with Gasteiger partial charge in [0.2, 0.25) is 0 Å². The molecule has 28 heavy (non-hydrogen) atoms. The molecule has 6 nitrogen and oxygen atoms in total. The minimum absolute atomic E-state index is 0.108. The van der Waals surface area contributed by atoms with E-state index in [2.05, 4.69) is 10.2 Å². The first-order valence-corrected chi connectivity index (χ1v) is 7.62. The molecule has 0 unspecified atom stereocenters. The molecule has 0 atom stereocenters. The molecule has 1 aromatic carbocycles. The van der Waals surface area contributed by atoms with Gasteiger partial charge in [0.15, 0.2) is 5.69 Å². The van der Waals surface area contributed by atoms with Crippen LogP contribution in [0, 0.1) is 5.82 Å². The van der Waals surface area contributed by atoms with Crippen LogP contribution in [0.2, 0.25) is 0 Å². The highest BCUT2D eigenvalue weighted by molar-refractivity contribution is 6.05. The predicted octanol–water partition coefficient (Wildman–Crippen LogP) is 3.95. The van der Waals surface area contributed by atoms with Crippen LogP contribution in [-0.4, -0.2) is 25.5 Å². The second-order valence-electron chi connectivity index (χ2n) is 5.65. The Balaban J connectivity index is 2.01. The zero-order valence-electron chi connectivity index (χ0n) is 14.0. The van der Waals surface area contributed by atoms with Crippen molar-refractivity contribution in [2.45, 2.75) is 12.6 Å². The molecule has 0 aliphatic carbocycles. The summed E-state index contributed by atoms with van der Waals surface area (Å²) in [6.07, 6.45) is -6.35. The van der Waals surface area contributed by atoms with E-state index in [-0.39, 0.29) is 5.69 Å². The molecule has 1 N–H and O–H groups in total. The third kappa shape index (κ3) is 3.70. The van der Waals surface area contributed by atoms with Crippen molar-refractivity contribution in [2.75, 3.05) is 5.32 Å². The van der Waals surface area contributed by atoms with E-state index in [9.17, 15) is 31.1 Å². The summed E-state index contributed by atoms with van der Waals surface area (Å²) in [5.41, 5.74) is -3.63. The van der Waals surface area contributed by atoms with Gasteiger partial charge in [0.25, 0.3) is 12.3 Å². The third-order valence-corrected chi connectivity index (χ3v) is 3.67. The van der Waals surface area contributed by atoms with Crippen LogP contribution in [0.25, 0.3) is 5.69 Å². The van der Waals surface area contributed by atoms with Crippen molar-refractivity contribution in [1.29, 1.82) is 0 Å². The molecule has 3 rings (SSSR count). The van der Waals surface area contributed by atoms with Crippen molar-refractivity contribution in [3.05, 3.63) is 59.4 Å². The number of nitrogens with one attached hydrogen (secondary N) is 1. The Morgan fingerprint density at radius 3 is 2.39 bits per heavy atom. The average molecular weight is 403 g/mol. The lowest BCUT2D eigenvalue weighted by Gasteiger charge is -2.13. The van der Waals surface area contributed by atoms with Gasteiger partial charge < -0.3 is 5.32 Å². The van der Waals surface area contributed by atoms with Crippen LogP contribution in [0.1, 0.15) is 28.2 Å². The van der Waals surface area contributed by atoms with Crippen LogP contribution in [0.3, 0.4) is 0 Å². The number of amides is 1. The lowest BCUT2D eigenvalue weighted by molar-refractivity contribution is -0.142. The Morgan fingerprint density at radius 2 is 1.82 bits per heavy atom. The zero-order chi connectivity index (χ0) is 20.6. The summed E-state index contributed by atoms with van der Waals surface area (Å²) in [5.74, 6) is -1.86. The van der Waals surface area contributed by atoms with Gasteiger partial charge in [-0.3, -0.25) is 9.48 Å². The topological polar surface area (TPSA) is 64.7 Å². The maximum Gasteiger partial charge on any atom is 0.435 e. The van der Waals surface area contributed by atoms with Crippen LogP contribution in [-0.2, 0) is 13.2 Å². The number of halogens is 6. The smallest absolute Gasteiger partial charge is 0.319 e. The molecule has 1 amide bonds. The van der Waals surface area contributed by atoms with E-state index < -0.39 is 47.0 Å². The van der Waals surface area contributed by atoms with Crippen molar-refractivity contribution in [2.24, 2.45) is 7.05 Å². The van der Waals surface area contributed by atoms with Crippen LogP contribution in [0.5, 0.6) is 0 Å². The van der Waals surface area contributed by atoms with Crippen LogP contribution in [0.15, 0.2) is 36.7 Å². The fourth-order valence-corrected chi connectivity index (χ4v) is 2.52. The highest BCUT2D eigenvalue weighted by atomic mass is 19.4. The Bertz CT molecular complexity index is 1010. The number of rotatable bonds is 4. The van der Waals surface area contributed by atoms with Gasteiger partial charge in [0.1, 0.15) is 11.5 Å². The number of carbonyl (C=O) groups excluding carboxylic acids is 1. The van der Waals surface area contributed by atoms with E-state index in [0.717, 1.165) is 41.3 Å². The Hall–Kier alpha value is -3.31. The largest absolute Gasteiger partial charge is 0.435 e. The van der Waals surface area contributed by atoms with E-state index in [4.69, 9.17) is 0 Å². The summed E-state index contributed by atoms with van der Waals surface area (Å²) in [5, 5.41) is 8.96. The molecule has 3 aromatic rings. The number of carbonyl (C=O) groups is 1. The Kier molecular flexibility index (Phi) is 4.87. The third-order valence-electron chi connectivity index (χ3n) is 3.67. The van der Waals surface area contributed by atoms with Gasteiger partial charge in [-0.15, -0.1) is 0 Å². The molecule has 12 heteroatoms. The molecule has 0 fully saturated rings. The van der Waals surface area contributed by atoms with Crippen molar-refractivity contribution in [3.8, 4) is 5.69 Å². The molecule has 0 aliphatic rings. The first kappa shape index (κ1) is 19.5. The predicted molar refractivity (Wildman–Crippen MR) is 84.6 cm³/mol. The maximum atomic E-state index is 13.5. The first-order chi connectivity index (χ1) is 13.1.